The molecule has 3 heteroatoms. The molecule has 0 saturated carbocycles. The monoisotopic (exact) mass is 207 g/mol. The third-order valence-electron chi connectivity index (χ3n) is 2.79. The van der Waals surface area contributed by atoms with Crippen LogP contribution in [0.25, 0.3) is 0 Å². The molecule has 0 radical (unpaired) electrons. The zero-order chi connectivity index (χ0) is 10.8. The highest BCUT2D eigenvalue weighted by Gasteiger charge is 2.20. The molecule has 0 bridgehead atoms. The van der Waals surface area contributed by atoms with E-state index < -0.39 is 0 Å². The molecule has 0 spiro atoms. The summed E-state index contributed by atoms with van der Waals surface area (Å²) < 4.78 is 13.0. The van der Waals surface area contributed by atoms with Gasteiger partial charge in [-0.05, 0) is 37.0 Å². The van der Waals surface area contributed by atoms with E-state index in [-0.39, 0.29) is 17.8 Å². The van der Waals surface area contributed by atoms with Crippen LogP contribution in [0.4, 0.5) is 4.39 Å². The Bertz CT molecular complexity index is 389. The van der Waals surface area contributed by atoms with Crippen LogP contribution in [0.5, 0.6) is 0 Å². The van der Waals surface area contributed by atoms with Crippen molar-refractivity contribution >= 4 is 5.91 Å². The van der Waals surface area contributed by atoms with E-state index in [4.69, 9.17) is 0 Å². The lowest BCUT2D eigenvalue weighted by atomic mass is 10.0. The van der Waals surface area contributed by atoms with Crippen molar-refractivity contribution in [1.29, 1.82) is 0 Å². The quantitative estimate of drug-likeness (QED) is 0.789. The van der Waals surface area contributed by atoms with Crippen molar-refractivity contribution in [2.24, 2.45) is 0 Å². The fourth-order valence-corrected chi connectivity index (χ4v) is 1.95. The maximum atomic E-state index is 13.0. The van der Waals surface area contributed by atoms with E-state index in [2.05, 4.69) is 5.32 Å². The molecule has 80 valence electrons. The molecule has 1 aromatic carbocycles. The van der Waals surface area contributed by atoms with Crippen molar-refractivity contribution in [1.82, 2.24) is 5.32 Å². The fourth-order valence-electron chi connectivity index (χ4n) is 1.95. The molecule has 15 heavy (non-hydrogen) atoms. The highest BCUT2D eigenvalue weighted by Crippen LogP contribution is 2.15. The van der Waals surface area contributed by atoms with Gasteiger partial charge in [-0.2, -0.15) is 0 Å². The van der Waals surface area contributed by atoms with Gasteiger partial charge < -0.3 is 5.32 Å². The summed E-state index contributed by atoms with van der Waals surface area (Å²) in [6, 6.07) is 5.34. The molecule has 2 rings (SSSR count). The molecule has 0 aromatic heterocycles. The van der Waals surface area contributed by atoms with E-state index in [1.807, 2.05) is 6.07 Å². The minimum Gasteiger partial charge on any atom is -0.353 e. The van der Waals surface area contributed by atoms with Crippen LogP contribution in [0.1, 0.15) is 24.0 Å². The minimum absolute atomic E-state index is 0.124. The van der Waals surface area contributed by atoms with E-state index >= 15 is 0 Å². The van der Waals surface area contributed by atoms with E-state index in [0.717, 1.165) is 18.4 Å². The first kappa shape index (κ1) is 10.1. The van der Waals surface area contributed by atoms with Crippen molar-refractivity contribution in [2.75, 3.05) is 0 Å². The van der Waals surface area contributed by atoms with Gasteiger partial charge >= 0.3 is 0 Å². The Kier molecular flexibility index (Phi) is 2.71. The van der Waals surface area contributed by atoms with Crippen LogP contribution in [-0.4, -0.2) is 11.9 Å². The summed E-state index contributed by atoms with van der Waals surface area (Å²) in [6.07, 6.45) is 2.30. The molecule has 1 unspecified atom stereocenters. The smallest absolute Gasteiger partial charge is 0.220 e. The largest absolute Gasteiger partial charge is 0.353 e. The Morgan fingerprint density at radius 2 is 2.33 bits per heavy atom. The first-order chi connectivity index (χ1) is 7.15. The van der Waals surface area contributed by atoms with Gasteiger partial charge in [-0.25, -0.2) is 4.39 Å². The van der Waals surface area contributed by atoms with E-state index in [0.29, 0.717) is 12.0 Å². The number of rotatable bonds is 2. The van der Waals surface area contributed by atoms with Crippen LogP contribution < -0.4 is 5.32 Å². The van der Waals surface area contributed by atoms with Crippen molar-refractivity contribution in [3.05, 3.63) is 35.1 Å². The predicted molar refractivity (Wildman–Crippen MR) is 56.0 cm³/mol. The highest BCUT2D eigenvalue weighted by atomic mass is 19.1. The maximum Gasteiger partial charge on any atom is 0.220 e. The normalized spacial score (nSPS) is 20.4. The van der Waals surface area contributed by atoms with Crippen LogP contribution in [0, 0.1) is 12.7 Å². The number of aryl methyl sites for hydroxylation is 1. The molecule has 2 nitrogen and oxygen atoms in total. The second kappa shape index (κ2) is 4.01. The number of amides is 1. The van der Waals surface area contributed by atoms with Gasteiger partial charge in [-0.3, -0.25) is 4.79 Å². The summed E-state index contributed by atoms with van der Waals surface area (Å²) in [4.78, 5) is 11.0. The SMILES string of the molecule is Cc1cc(CC2CCC(=O)N2)ccc1F. The minimum atomic E-state index is -0.172. The molecule has 1 aromatic rings. The summed E-state index contributed by atoms with van der Waals surface area (Å²) in [6.45, 7) is 1.76. The summed E-state index contributed by atoms with van der Waals surface area (Å²) in [5, 5.41) is 2.90. The van der Waals surface area contributed by atoms with Crippen LogP contribution in [0.2, 0.25) is 0 Å². The van der Waals surface area contributed by atoms with Crippen LogP contribution in [0.3, 0.4) is 0 Å². The van der Waals surface area contributed by atoms with Gasteiger partial charge in [0.2, 0.25) is 5.91 Å². The summed E-state index contributed by atoms with van der Waals surface area (Å²) in [5.41, 5.74) is 1.75. The lowest BCUT2D eigenvalue weighted by Crippen LogP contribution is -2.27. The molecule has 1 saturated heterocycles. The Hall–Kier alpha value is -1.38. The average molecular weight is 207 g/mol. The zero-order valence-electron chi connectivity index (χ0n) is 8.72. The molecule has 1 heterocycles. The van der Waals surface area contributed by atoms with Crippen molar-refractivity contribution in [3.63, 3.8) is 0 Å². The van der Waals surface area contributed by atoms with Gasteiger partial charge in [-0.1, -0.05) is 12.1 Å². The summed E-state index contributed by atoms with van der Waals surface area (Å²) in [5.74, 6) is -0.0481. The van der Waals surface area contributed by atoms with Crippen LogP contribution in [0.15, 0.2) is 18.2 Å². The van der Waals surface area contributed by atoms with E-state index in [1.165, 1.54) is 6.07 Å². The number of hydrogen-bond acceptors (Lipinski definition) is 1. The Morgan fingerprint density at radius 3 is 2.93 bits per heavy atom. The standard InChI is InChI=1S/C12H14FNO/c1-8-6-9(2-4-11(8)13)7-10-3-5-12(15)14-10/h2,4,6,10H,3,5,7H2,1H3,(H,14,15). The molecule has 1 aliphatic rings. The number of carbonyl (C=O) groups excluding carboxylic acids is 1. The lowest BCUT2D eigenvalue weighted by Gasteiger charge is -2.10. The molecule has 0 aliphatic carbocycles. The molecular formula is C12H14FNO. The van der Waals surface area contributed by atoms with Gasteiger partial charge in [0, 0.05) is 12.5 Å². The van der Waals surface area contributed by atoms with E-state index in [1.54, 1.807) is 13.0 Å². The fraction of sp³-hybridized carbons (Fsp3) is 0.417. The molecule has 1 atom stereocenters. The number of hydrogen-bond donors (Lipinski definition) is 1. The number of benzene rings is 1. The zero-order valence-corrected chi connectivity index (χ0v) is 8.72. The number of nitrogens with one attached hydrogen (secondary N) is 1. The third-order valence-corrected chi connectivity index (χ3v) is 2.79. The van der Waals surface area contributed by atoms with Crippen LogP contribution >= 0.6 is 0 Å². The highest BCUT2D eigenvalue weighted by molar-refractivity contribution is 5.78. The predicted octanol–water partition coefficient (Wildman–Crippen LogP) is 1.96. The van der Waals surface area contributed by atoms with Crippen molar-refractivity contribution in [2.45, 2.75) is 32.2 Å². The Balaban J connectivity index is 2.05. The third kappa shape index (κ3) is 2.35. The summed E-state index contributed by atoms with van der Waals surface area (Å²) >= 11 is 0. The van der Waals surface area contributed by atoms with Crippen molar-refractivity contribution < 1.29 is 9.18 Å². The van der Waals surface area contributed by atoms with Gasteiger partial charge in [0.15, 0.2) is 0 Å². The molecule has 1 aliphatic heterocycles. The molecule has 1 amide bonds. The molecular weight excluding hydrogens is 193 g/mol. The second-order valence-electron chi connectivity index (χ2n) is 4.09. The van der Waals surface area contributed by atoms with Gasteiger partial charge in [0.1, 0.15) is 5.82 Å². The molecule has 1 N–H and O–H groups in total. The Morgan fingerprint density at radius 1 is 1.53 bits per heavy atom. The van der Waals surface area contributed by atoms with Crippen molar-refractivity contribution in [3.8, 4) is 0 Å². The van der Waals surface area contributed by atoms with Gasteiger partial charge in [0.25, 0.3) is 0 Å². The Labute approximate surface area is 88.5 Å². The first-order valence-electron chi connectivity index (χ1n) is 5.19. The number of carbonyl (C=O) groups is 1. The first-order valence-corrected chi connectivity index (χ1v) is 5.19. The van der Waals surface area contributed by atoms with E-state index in [9.17, 15) is 9.18 Å². The molecule has 1 fully saturated rings. The second-order valence-corrected chi connectivity index (χ2v) is 4.09. The number of halogens is 1. The lowest BCUT2D eigenvalue weighted by molar-refractivity contribution is -0.119. The topological polar surface area (TPSA) is 29.1 Å². The average Bonchev–Trinajstić information content (AvgIpc) is 2.58. The van der Waals surface area contributed by atoms with Gasteiger partial charge in [0.05, 0.1) is 0 Å². The maximum absolute atomic E-state index is 13.0. The van der Waals surface area contributed by atoms with Gasteiger partial charge in [-0.15, -0.1) is 0 Å². The summed E-state index contributed by atoms with van der Waals surface area (Å²) in [7, 11) is 0. The van der Waals surface area contributed by atoms with Crippen LogP contribution in [-0.2, 0) is 11.2 Å².